The number of aliphatic carboxylic acids is 1. The first-order chi connectivity index (χ1) is 13.5. The average Bonchev–Trinajstić information content (AvgIpc) is 3.04. The van der Waals surface area contributed by atoms with Gasteiger partial charge in [0.1, 0.15) is 0 Å². The average molecular weight is 421 g/mol. The number of carboxylic acid groups (broad SMARTS) is 1. The Morgan fingerprint density at radius 1 is 1.48 bits per heavy atom. The van der Waals surface area contributed by atoms with Crippen LogP contribution in [0.25, 0.3) is 0 Å². The number of aromatic nitrogens is 2. The van der Waals surface area contributed by atoms with E-state index in [2.05, 4.69) is 30.0 Å². The van der Waals surface area contributed by atoms with Gasteiger partial charge in [0, 0.05) is 50.5 Å². The zero-order valence-electron chi connectivity index (χ0n) is 17.1. The van der Waals surface area contributed by atoms with E-state index in [0.29, 0.717) is 6.10 Å². The van der Waals surface area contributed by atoms with Gasteiger partial charge in [0.25, 0.3) is 0 Å². The topological polar surface area (TPSA) is 76.8 Å². The van der Waals surface area contributed by atoms with Crippen molar-refractivity contribution in [3.63, 3.8) is 0 Å². The van der Waals surface area contributed by atoms with Crippen LogP contribution in [0, 0.1) is 5.41 Å². The van der Waals surface area contributed by atoms with Crippen LogP contribution in [0.2, 0.25) is 0 Å². The second-order valence-electron chi connectivity index (χ2n) is 8.01. The van der Waals surface area contributed by atoms with Gasteiger partial charge in [0.2, 0.25) is 0 Å². The van der Waals surface area contributed by atoms with Crippen molar-refractivity contribution >= 4 is 5.97 Å². The molecular weight excluding hydrogens is 391 g/mol. The summed E-state index contributed by atoms with van der Waals surface area (Å²) in [6.07, 6.45) is 3.13. The molecule has 0 radical (unpaired) electrons. The summed E-state index contributed by atoms with van der Waals surface area (Å²) in [5.41, 5.74) is 1.46. The molecule has 0 saturated carbocycles. The first kappa shape index (κ1) is 23.6. The van der Waals surface area contributed by atoms with Gasteiger partial charge >= 0.3 is 12.1 Å². The number of halogens is 3. The van der Waals surface area contributed by atoms with Gasteiger partial charge in [0.15, 0.2) is 0 Å². The number of carbonyl (C=O) groups is 1. The van der Waals surface area contributed by atoms with Crippen LogP contribution in [0.5, 0.6) is 0 Å². The number of hydrogen-bond acceptors (Lipinski definition) is 5. The first-order valence-corrected chi connectivity index (χ1v) is 9.75. The van der Waals surface area contributed by atoms with E-state index in [-0.39, 0.29) is 11.5 Å². The van der Waals surface area contributed by atoms with E-state index in [1.807, 2.05) is 17.9 Å². The zero-order valence-corrected chi connectivity index (χ0v) is 17.1. The molecule has 2 aliphatic rings. The molecule has 7 nitrogen and oxygen atoms in total. The number of nitrogens with zero attached hydrogens (tertiary/aromatic N) is 3. The number of fused-ring (bicyclic) bond motifs is 1. The summed E-state index contributed by atoms with van der Waals surface area (Å²) in [6, 6.07) is 0. The fourth-order valence-electron chi connectivity index (χ4n) is 3.87. The quantitative estimate of drug-likeness (QED) is 0.788. The lowest BCUT2D eigenvalue weighted by Gasteiger charge is -2.50. The van der Waals surface area contributed by atoms with Crippen LogP contribution in [0.4, 0.5) is 13.2 Å². The molecule has 0 bridgehead atoms. The van der Waals surface area contributed by atoms with Crippen molar-refractivity contribution in [1.82, 2.24) is 14.7 Å². The number of alkyl halides is 3. The van der Waals surface area contributed by atoms with E-state index in [0.717, 1.165) is 45.7 Å². The lowest BCUT2D eigenvalue weighted by molar-refractivity contribution is -0.192. The van der Waals surface area contributed by atoms with Crippen LogP contribution in [-0.2, 0) is 27.9 Å². The Labute approximate surface area is 168 Å². The Kier molecular flexibility index (Phi) is 8.07. The molecule has 0 amide bonds. The molecule has 29 heavy (non-hydrogen) atoms. The predicted octanol–water partition coefficient (Wildman–Crippen LogP) is 2.85. The van der Waals surface area contributed by atoms with Gasteiger partial charge in [-0.2, -0.15) is 18.3 Å². The molecule has 2 saturated heterocycles. The lowest BCUT2D eigenvalue weighted by Crippen LogP contribution is -2.56. The Morgan fingerprint density at radius 2 is 2.17 bits per heavy atom. The summed E-state index contributed by atoms with van der Waals surface area (Å²) in [5.74, 6) is -2.76. The highest BCUT2D eigenvalue weighted by molar-refractivity contribution is 5.73. The molecule has 2 aliphatic heterocycles. The first-order valence-electron chi connectivity index (χ1n) is 9.75. The lowest BCUT2D eigenvalue weighted by atomic mass is 9.73. The number of hydrogen-bond donors (Lipinski definition) is 1. The maximum absolute atomic E-state index is 10.6. The van der Waals surface area contributed by atoms with Gasteiger partial charge in [-0.15, -0.1) is 0 Å². The normalized spacial score (nSPS) is 25.3. The number of ether oxygens (including phenoxy) is 2. The van der Waals surface area contributed by atoms with Crippen LogP contribution >= 0.6 is 0 Å². The fourth-order valence-corrected chi connectivity index (χ4v) is 3.87. The van der Waals surface area contributed by atoms with Crippen molar-refractivity contribution < 1.29 is 32.5 Å². The fraction of sp³-hybridized carbons (Fsp3) is 0.789. The summed E-state index contributed by atoms with van der Waals surface area (Å²) < 4.78 is 45.7. The van der Waals surface area contributed by atoms with E-state index in [1.165, 1.54) is 12.0 Å². The molecule has 1 aromatic rings. The Hall–Kier alpha value is -1.65. The summed E-state index contributed by atoms with van der Waals surface area (Å²) in [4.78, 5) is 11.4. The molecule has 3 rings (SSSR count). The van der Waals surface area contributed by atoms with Crippen LogP contribution in [0.1, 0.15) is 38.7 Å². The Bertz CT molecular complexity index is 665. The monoisotopic (exact) mass is 421 g/mol. The minimum atomic E-state index is -5.08. The molecule has 0 aromatic carbocycles. The second-order valence-corrected chi connectivity index (χ2v) is 8.01. The molecular formula is C19H30F3N3O4. The number of carboxylic acids is 1. The molecule has 2 unspecified atom stereocenters. The Morgan fingerprint density at radius 3 is 2.72 bits per heavy atom. The predicted molar refractivity (Wildman–Crippen MR) is 99.3 cm³/mol. The third-order valence-corrected chi connectivity index (χ3v) is 5.18. The maximum atomic E-state index is 10.6. The van der Waals surface area contributed by atoms with Crippen molar-refractivity contribution in [2.24, 2.45) is 12.5 Å². The summed E-state index contributed by atoms with van der Waals surface area (Å²) in [7, 11) is 1.97. The zero-order chi connectivity index (χ0) is 21.7. The summed E-state index contributed by atoms with van der Waals surface area (Å²) >= 11 is 0. The van der Waals surface area contributed by atoms with Gasteiger partial charge in [-0.3, -0.25) is 9.58 Å². The van der Waals surface area contributed by atoms with Crippen LogP contribution in [0.15, 0.2) is 12.4 Å². The minimum Gasteiger partial charge on any atom is -0.475 e. The maximum Gasteiger partial charge on any atom is 0.490 e. The molecule has 2 atom stereocenters. The van der Waals surface area contributed by atoms with Crippen molar-refractivity contribution in [3.05, 3.63) is 18.0 Å². The smallest absolute Gasteiger partial charge is 0.475 e. The van der Waals surface area contributed by atoms with Crippen LogP contribution < -0.4 is 0 Å². The van der Waals surface area contributed by atoms with Gasteiger partial charge in [-0.1, -0.05) is 0 Å². The third kappa shape index (κ3) is 6.97. The number of likely N-dealkylation sites (tertiary alicyclic amines) is 1. The summed E-state index contributed by atoms with van der Waals surface area (Å²) in [6.45, 7) is 9.11. The van der Waals surface area contributed by atoms with E-state index in [4.69, 9.17) is 19.4 Å². The Balaban J connectivity index is 0.000000370. The number of aryl methyl sites for hydroxylation is 1. The van der Waals surface area contributed by atoms with Gasteiger partial charge < -0.3 is 14.6 Å². The van der Waals surface area contributed by atoms with E-state index in [9.17, 15) is 13.2 Å². The molecule has 0 spiro atoms. The van der Waals surface area contributed by atoms with Crippen molar-refractivity contribution in [2.75, 3.05) is 26.3 Å². The van der Waals surface area contributed by atoms with Gasteiger partial charge in [-0.25, -0.2) is 4.79 Å². The number of rotatable bonds is 5. The molecule has 1 N–H and O–H groups in total. The SMILES string of the molecule is CC(C)OCC12CCCOC1CCN(Cc1cnn(C)c1)C2.O=C(O)C(F)(F)F. The second kappa shape index (κ2) is 9.90. The van der Waals surface area contributed by atoms with Gasteiger partial charge in [-0.05, 0) is 33.1 Å². The van der Waals surface area contributed by atoms with Gasteiger partial charge in [0.05, 0.1) is 25.0 Å². The summed E-state index contributed by atoms with van der Waals surface area (Å²) in [5, 5.41) is 11.4. The van der Waals surface area contributed by atoms with Crippen molar-refractivity contribution in [2.45, 2.75) is 58.0 Å². The highest BCUT2D eigenvalue weighted by Gasteiger charge is 2.46. The molecule has 3 heterocycles. The van der Waals surface area contributed by atoms with Crippen LogP contribution in [-0.4, -0.2) is 70.4 Å². The van der Waals surface area contributed by atoms with Crippen molar-refractivity contribution in [3.8, 4) is 0 Å². The highest BCUT2D eigenvalue weighted by atomic mass is 19.4. The van der Waals surface area contributed by atoms with E-state index in [1.54, 1.807) is 0 Å². The van der Waals surface area contributed by atoms with Crippen molar-refractivity contribution in [1.29, 1.82) is 0 Å². The number of piperidine rings is 1. The standard InChI is InChI=1S/C17H29N3O2.C2HF3O2/c1-14(2)22-13-17-6-4-8-21-16(17)5-7-20(12-17)11-15-9-18-19(3)10-15;3-2(4,5)1(6)7/h9-10,14,16H,4-8,11-13H2,1-3H3;(H,6,7). The van der Waals surface area contributed by atoms with Crippen LogP contribution in [0.3, 0.4) is 0 Å². The highest BCUT2D eigenvalue weighted by Crippen LogP contribution is 2.41. The third-order valence-electron chi connectivity index (χ3n) is 5.18. The van der Waals surface area contributed by atoms with E-state index < -0.39 is 12.1 Å². The molecule has 1 aromatic heterocycles. The van der Waals surface area contributed by atoms with E-state index >= 15 is 0 Å². The molecule has 10 heteroatoms. The molecule has 0 aliphatic carbocycles. The molecule has 166 valence electrons. The largest absolute Gasteiger partial charge is 0.490 e. The molecule has 2 fully saturated rings. The minimum absolute atomic E-state index is 0.170.